The van der Waals surface area contributed by atoms with E-state index in [1.54, 1.807) is 18.2 Å². The van der Waals surface area contributed by atoms with E-state index in [9.17, 15) is 14.9 Å². The molecule has 0 heterocycles. The van der Waals surface area contributed by atoms with Crippen LogP contribution in [0.1, 0.15) is 11.1 Å². The number of nitro groups is 1. The van der Waals surface area contributed by atoms with Crippen LogP contribution in [-0.4, -0.2) is 11.0 Å². The Bertz CT molecular complexity index is 738. The van der Waals surface area contributed by atoms with Gasteiger partial charge in [-0.1, -0.05) is 30.3 Å². The molecular weight excluding hydrogens is 286 g/mol. The minimum absolute atomic E-state index is 0.0259. The molecule has 0 atom stereocenters. The van der Waals surface area contributed by atoms with Gasteiger partial charge in [-0.05, 0) is 17.7 Å². The third kappa shape index (κ3) is 3.80. The predicted molar refractivity (Wildman–Crippen MR) is 78.1 cm³/mol. The molecule has 7 heteroatoms. The van der Waals surface area contributed by atoms with E-state index in [4.69, 9.17) is 10.00 Å². The van der Waals surface area contributed by atoms with E-state index in [1.165, 1.54) is 12.1 Å². The predicted octanol–water partition coefficient (Wildman–Crippen LogP) is 3.22. The molecule has 0 radical (unpaired) electrons. The highest BCUT2D eigenvalue weighted by Gasteiger charge is 2.17. The third-order valence-corrected chi connectivity index (χ3v) is 2.77. The Balaban J connectivity index is 2.05. The van der Waals surface area contributed by atoms with Crippen molar-refractivity contribution in [3.63, 3.8) is 0 Å². The van der Waals surface area contributed by atoms with Gasteiger partial charge in [-0.3, -0.25) is 15.4 Å². The molecule has 0 aliphatic carbocycles. The van der Waals surface area contributed by atoms with Gasteiger partial charge in [-0.2, -0.15) is 5.26 Å². The number of nitrogens with one attached hydrogen (secondary N) is 1. The Labute approximate surface area is 125 Å². The SMILES string of the molecule is N#Cc1ccc(NC(=O)OCc2ccccc2)c([N+](=O)[O-])c1. The number of amides is 1. The van der Waals surface area contributed by atoms with Crippen LogP contribution in [-0.2, 0) is 11.3 Å². The molecule has 0 aliphatic heterocycles. The molecular formula is C15H11N3O4. The fourth-order valence-electron chi connectivity index (χ4n) is 1.73. The van der Waals surface area contributed by atoms with Crippen LogP contribution in [0.25, 0.3) is 0 Å². The Hall–Kier alpha value is -3.40. The average Bonchev–Trinajstić information content (AvgIpc) is 2.54. The molecule has 7 nitrogen and oxygen atoms in total. The van der Waals surface area contributed by atoms with Crippen LogP contribution < -0.4 is 5.32 Å². The van der Waals surface area contributed by atoms with Crippen LogP contribution in [0, 0.1) is 21.4 Å². The van der Waals surface area contributed by atoms with Crippen molar-refractivity contribution in [3.05, 3.63) is 69.8 Å². The number of carbonyl (C=O) groups excluding carboxylic acids is 1. The summed E-state index contributed by atoms with van der Waals surface area (Å²) in [6.07, 6.45) is -0.809. The Kier molecular flexibility index (Phi) is 4.67. The molecule has 1 amide bonds. The number of anilines is 1. The highest BCUT2D eigenvalue weighted by atomic mass is 16.6. The summed E-state index contributed by atoms with van der Waals surface area (Å²) >= 11 is 0. The molecule has 0 fully saturated rings. The van der Waals surface area contributed by atoms with E-state index >= 15 is 0 Å². The van der Waals surface area contributed by atoms with Gasteiger partial charge in [-0.15, -0.1) is 0 Å². The van der Waals surface area contributed by atoms with Crippen molar-refractivity contribution in [2.24, 2.45) is 0 Å². The lowest BCUT2D eigenvalue weighted by atomic mass is 10.2. The first kappa shape index (κ1) is 15.0. The number of hydrogen-bond donors (Lipinski definition) is 1. The molecule has 22 heavy (non-hydrogen) atoms. The highest BCUT2D eigenvalue weighted by Crippen LogP contribution is 2.25. The van der Waals surface area contributed by atoms with Crippen LogP contribution in [0.2, 0.25) is 0 Å². The van der Waals surface area contributed by atoms with Gasteiger partial charge in [0.15, 0.2) is 0 Å². The zero-order valence-electron chi connectivity index (χ0n) is 11.4. The lowest BCUT2D eigenvalue weighted by Crippen LogP contribution is -2.14. The molecule has 1 N–H and O–H groups in total. The fourth-order valence-corrected chi connectivity index (χ4v) is 1.73. The summed E-state index contributed by atoms with van der Waals surface area (Å²) in [5.74, 6) is 0. The maximum absolute atomic E-state index is 11.7. The Morgan fingerprint density at radius 1 is 1.27 bits per heavy atom. The number of carbonyl (C=O) groups is 1. The smallest absolute Gasteiger partial charge is 0.412 e. The van der Waals surface area contributed by atoms with E-state index in [0.717, 1.165) is 11.6 Å². The quantitative estimate of drug-likeness (QED) is 0.689. The maximum atomic E-state index is 11.7. The summed E-state index contributed by atoms with van der Waals surface area (Å²) in [6, 6.07) is 14.6. The van der Waals surface area contributed by atoms with Gasteiger partial charge in [0.25, 0.3) is 5.69 Å². The topological polar surface area (TPSA) is 105 Å². The van der Waals surface area contributed by atoms with E-state index in [1.807, 2.05) is 18.2 Å². The number of rotatable bonds is 4. The lowest BCUT2D eigenvalue weighted by Gasteiger charge is -2.07. The first-order valence-electron chi connectivity index (χ1n) is 6.26. The molecule has 0 saturated heterocycles. The number of nitrogens with zero attached hydrogens (tertiary/aromatic N) is 2. The van der Waals surface area contributed by atoms with Crippen LogP contribution in [0.5, 0.6) is 0 Å². The van der Waals surface area contributed by atoms with Gasteiger partial charge < -0.3 is 4.74 Å². The Morgan fingerprint density at radius 3 is 2.64 bits per heavy atom. The fraction of sp³-hybridized carbons (Fsp3) is 0.0667. The van der Waals surface area contributed by atoms with Crippen molar-refractivity contribution < 1.29 is 14.5 Å². The Morgan fingerprint density at radius 2 is 2.00 bits per heavy atom. The van der Waals surface area contributed by atoms with Crippen molar-refractivity contribution >= 4 is 17.5 Å². The van der Waals surface area contributed by atoms with Gasteiger partial charge >= 0.3 is 6.09 Å². The van der Waals surface area contributed by atoms with Crippen molar-refractivity contribution in [1.29, 1.82) is 5.26 Å². The summed E-state index contributed by atoms with van der Waals surface area (Å²) in [7, 11) is 0. The summed E-state index contributed by atoms with van der Waals surface area (Å²) in [5, 5.41) is 22.0. The molecule has 2 rings (SSSR count). The maximum Gasteiger partial charge on any atom is 0.412 e. The van der Waals surface area contributed by atoms with Crippen LogP contribution in [0.4, 0.5) is 16.2 Å². The molecule has 0 unspecified atom stereocenters. The minimum atomic E-state index is -0.809. The van der Waals surface area contributed by atoms with Crippen LogP contribution in [0.15, 0.2) is 48.5 Å². The van der Waals surface area contributed by atoms with Gasteiger partial charge in [0.05, 0.1) is 16.6 Å². The van der Waals surface area contributed by atoms with Crippen molar-refractivity contribution in [1.82, 2.24) is 0 Å². The van der Waals surface area contributed by atoms with E-state index in [0.29, 0.717) is 0 Å². The van der Waals surface area contributed by atoms with Gasteiger partial charge in [0.2, 0.25) is 0 Å². The highest BCUT2D eigenvalue weighted by molar-refractivity contribution is 5.88. The first-order chi connectivity index (χ1) is 10.6. The molecule has 0 spiro atoms. The summed E-state index contributed by atoms with van der Waals surface area (Å²) in [6.45, 7) is 0.0523. The molecule has 0 saturated carbocycles. The standard InChI is InChI=1S/C15H11N3O4/c16-9-12-6-7-13(14(8-12)18(20)21)17-15(19)22-10-11-4-2-1-3-5-11/h1-8H,10H2,(H,17,19). The van der Waals surface area contributed by atoms with Gasteiger partial charge in [0.1, 0.15) is 12.3 Å². The second kappa shape index (κ2) is 6.85. The van der Waals surface area contributed by atoms with E-state index in [-0.39, 0.29) is 23.5 Å². The van der Waals surface area contributed by atoms with Crippen molar-refractivity contribution in [3.8, 4) is 6.07 Å². The van der Waals surface area contributed by atoms with Crippen molar-refractivity contribution in [2.75, 3.05) is 5.32 Å². The summed E-state index contributed by atoms with van der Waals surface area (Å²) in [5.41, 5.74) is 0.541. The monoisotopic (exact) mass is 297 g/mol. The molecule has 2 aromatic rings. The molecule has 0 aliphatic rings. The third-order valence-electron chi connectivity index (χ3n) is 2.77. The van der Waals surface area contributed by atoms with Crippen molar-refractivity contribution in [2.45, 2.75) is 6.61 Å². The number of nitriles is 1. The van der Waals surface area contributed by atoms with E-state index in [2.05, 4.69) is 5.32 Å². The number of benzene rings is 2. The summed E-state index contributed by atoms with van der Waals surface area (Å²) in [4.78, 5) is 22.0. The number of hydrogen-bond acceptors (Lipinski definition) is 5. The second-order valence-corrected chi connectivity index (χ2v) is 4.29. The van der Waals surface area contributed by atoms with Crippen LogP contribution in [0.3, 0.4) is 0 Å². The molecule has 110 valence electrons. The minimum Gasteiger partial charge on any atom is -0.444 e. The van der Waals surface area contributed by atoms with E-state index < -0.39 is 11.0 Å². The zero-order chi connectivity index (χ0) is 15.9. The van der Waals surface area contributed by atoms with Gasteiger partial charge in [-0.25, -0.2) is 4.79 Å². The summed E-state index contributed by atoms with van der Waals surface area (Å²) < 4.78 is 4.99. The number of nitro benzene ring substituents is 1. The largest absolute Gasteiger partial charge is 0.444 e. The zero-order valence-corrected chi connectivity index (χ0v) is 11.4. The molecule has 0 aromatic heterocycles. The normalized spacial score (nSPS) is 9.59. The van der Waals surface area contributed by atoms with Gasteiger partial charge in [0, 0.05) is 6.07 Å². The first-order valence-corrected chi connectivity index (χ1v) is 6.26. The molecule has 0 bridgehead atoms. The second-order valence-electron chi connectivity index (χ2n) is 4.29. The number of ether oxygens (including phenoxy) is 1. The lowest BCUT2D eigenvalue weighted by molar-refractivity contribution is -0.383. The average molecular weight is 297 g/mol. The molecule has 2 aromatic carbocycles. The van der Waals surface area contributed by atoms with Crippen LogP contribution >= 0.6 is 0 Å².